The van der Waals surface area contributed by atoms with Gasteiger partial charge in [0.15, 0.2) is 0 Å². The quantitative estimate of drug-likeness (QED) is 0.143. The summed E-state index contributed by atoms with van der Waals surface area (Å²) < 4.78 is 2.56. The van der Waals surface area contributed by atoms with E-state index in [4.69, 9.17) is 16.6 Å². The summed E-state index contributed by atoms with van der Waals surface area (Å²) in [4.78, 5) is 34.6. The molecule has 0 saturated carbocycles. The molecule has 1 aromatic heterocycles. The number of rotatable bonds is 10. The van der Waals surface area contributed by atoms with Gasteiger partial charge in [-0.2, -0.15) is 0 Å². The maximum Gasteiger partial charge on any atom is 0.266 e. The maximum absolute atomic E-state index is 13.9. The lowest BCUT2D eigenvalue weighted by Gasteiger charge is -2.34. The Morgan fingerprint density at radius 3 is 2.32 bits per heavy atom. The number of fused-ring (bicyclic) bond motifs is 1. The first kappa shape index (κ1) is 27.1. The Morgan fingerprint density at radius 2 is 1.65 bits per heavy atom. The van der Waals surface area contributed by atoms with Crippen LogP contribution in [-0.2, 0) is 4.79 Å². The van der Waals surface area contributed by atoms with E-state index in [-0.39, 0.29) is 11.5 Å². The number of nitrogens with zero attached hydrogens (tertiary/aromatic N) is 3. The van der Waals surface area contributed by atoms with E-state index in [0.717, 1.165) is 29.3 Å². The Bertz CT molecular complexity index is 1410. The lowest BCUT2D eigenvalue weighted by Crippen LogP contribution is -2.40. The first-order valence-corrected chi connectivity index (χ1v) is 14.0. The molecule has 5 nitrogen and oxygen atoms in total. The Hall–Kier alpha value is -2.96. The van der Waals surface area contributed by atoms with Gasteiger partial charge in [-0.25, -0.2) is 4.98 Å². The van der Waals surface area contributed by atoms with Crippen molar-refractivity contribution in [2.24, 2.45) is 0 Å². The minimum absolute atomic E-state index is 0.159. The molecule has 3 aromatic carbocycles. The van der Waals surface area contributed by atoms with Crippen molar-refractivity contribution in [2.75, 3.05) is 6.54 Å². The molecule has 4 aromatic rings. The zero-order valence-corrected chi connectivity index (χ0v) is 23.5. The van der Waals surface area contributed by atoms with Gasteiger partial charge in [0, 0.05) is 11.0 Å². The fourth-order valence-corrected chi connectivity index (χ4v) is 5.15. The van der Waals surface area contributed by atoms with Gasteiger partial charge in [-0.05, 0) is 54.8 Å². The smallest absolute Gasteiger partial charge is 0.266 e. The monoisotopic (exact) mass is 579 g/mol. The van der Waals surface area contributed by atoms with Crippen LogP contribution in [0, 0.1) is 0 Å². The topological polar surface area (TPSA) is 55.2 Å². The third kappa shape index (κ3) is 5.97. The van der Waals surface area contributed by atoms with E-state index in [1.807, 2.05) is 84.6 Å². The van der Waals surface area contributed by atoms with Crippen molar-refractivity contribution in [3.05, 3.63) is 105 Å². The van der Waals surface area contributed by atoms with Gasteiger partial charge < -0.3 is 4.90 Å². The maximum atomic E-state index is 13.9. The van der Waals surface area contributed by atoms with E-state index in [2.05, 4.69) is 22.9 Å². The zero-order chi connectivity index (χ0) is 26.4. The van der Waals surface area contributed by atoms with E-state index in [9.17, 15) is 9.59 Å². The number of hydrogen-bond donors (Lipinski definition) is 0. The number of carbonyl (C=O) groups excluding carboxylic acids is 1. The van der Waals surface area contributed by atoms with Crippen molar-refractivity contribution >= 4 is 44.3 Å². The lowest BCUT2D eigenvalue weighted by molar-refractivity contribution is -0.133. The van der Waals surface area contributed by atoms with Gasteiger partial charge >= 0.3 is 0 Å². The summed E-state index contributed by atoms with van der Waals surface area (Å²) in [5.74, 6) is 0.357. The summed E-state index contributed by atoms with van der Waals surface area (Å²) >= 11 is 10.3. The fourth-order valence-electron chi connectivity index (χ4n) is 4.62. The number of amides is 1. The SMILES string of the molecule is CCCCCN(C(=O)C(Cl)c1ccccc1)C(CC)c1nc2ccccc2c(=O)n1-c1ccc(Br)cc1. The highest BCUT2D eigenvalue weighted by Gasteiger charge is 2.32. The van der Waals surface area contributed by atoms with Crippen LogP contribution in [0.5, 0.6) is 0 Å². The lowest BCUT2D eigenvalue weighted by atomic mass is 10.1. The normalized spacial score (nSPS) is 12.9. The molecule has 1 amide bonds. The number of halogens is 2. The van der Waals surface area contributed by atoms with E-state index in [0.29, 0.717) is 35.4 Å². The molecule has 37 heavy (non-hydrogen) atoms. The molecular weight excluding hydrogens is 550 g/mol. The summed E-state index contributed by atoms with van der Waals surface area (Å²) in [5, 5.41) is -0.294. The third-order valence-corrected chi connectivity index (χ3v) is 7.51. The first-order chi connectivity index (χ1) is 18.0. The van der Waals surface area contributed by atoms with Crippen LogP contribution in [-0.4, -0.2) is 26.9 Å². The summed E-state index contributed by atoms with van der Waals surface area (Å²) in [5.41, 5.74) is 1.90. The van der Waals surface area contributed by atoms with E-state index in [1.54, 1.807) is 10.6 Å². The highest BCUT2D eigenvalue weighted by atomic mass is 79.9. The Kier molecular flexibility index (Phi) is 9.17. The molecule has 0 N–H and O–H groups in total. The molecular formula is C30H31BrClN3O2. The predicted molar refractivity (Wildman–Crippen MR) is 154 cm³/mol. The van der Waals surface area contributed by atoms with Crippen molar-refractivity contribution in [2.45, 2.75) is 50.9 Å². The van der Waals surface area contributed by atoms with Crippen molar-refractivity contribution in [3.63, 3.8) is 0 Å². The van der Waals surface area contributed by atoms with Crippen LogP contribution >= 0.6 is 27.5 Å². The number of unbranched alkanes of at least 4 members (excludes halogenated alkanes) is 2. The third-order valence-electron chi connectivity index (χ3n) is 6.54. The molecule has 0 aliphatic heterocycles. The van der Waals surface area contributed by atoms with Crippen LogP contribution in [0.15, 0.2) is 88.1 Å². The van der Waals surface area contributed by atoms with Gasteiger partial charge in [-0.15, -0.1) is 11.6 Å². The van der Waals surface area contributed by atoms with Crippen molar-refractivity contribution in [3.8, 4) is 5.69 Å². The van der Waals surface area contributed by atoms with Gasteiger partial charge in [0.1, 0.15) is 11.2 Å². The number of aromatic nitrogens is 2. The van der Waals surface area contributed by atoms with Gasteiger partial charge in [0.2, 0.25) is 5.91 Å². The summed E-state index contributed by atoms with van der Waals surface area (Å²) in [7, 11) is 0. The Labute approximate surface area is 231 Å². The molecule has 0 saturated heterocycles. The largest absolute Gasteiger partial charge is 0.331 e. The minimum atomic E-state index is -0.829. The molecule has 0 spiro atoms. The Balaban J connectivity index is 1.88. The van der Waals surface area contributed by atoms with Crippen LogP contribution in [0.1, 0.15) is 62.3 Å². The Morgan fingerprint density at radius 1 is 0.973 bits per heavy atom. The summed E-state index contributed by atoms with van der Waals surface area (Å²) in [6, 6.07) is 23.9. The molecule has 0 radical (unpaired) electrons. The molecule has 2 atom stereocenters. The second-order valence-electron chi connectivity index (χ2n) is 9.04. The molecule has 192 valence electrons. The number of hydrogen-bond acceptors (Lipinski definition) is 3. The molecule has 0 bridgehead atoms. The average Bonchev–Trinajstić information content (AvgIpc) is 2.93. The van der Waals surface area contributed by atoms with Gasteiger partial charge in [0.25, 0.3) is 5.56 Å². The molecule has 0 aliphatic rings. The second-order valence-corrected chi connectivity index (χ2v) is 10.4. The highest BCUT2D eigenvalue weighted by molar-refractivity contribution is 9.10. The second kappa shape index (κ2) is 12.5. The van der Waals surface area contributed by atoms with Crippen LogP contribution < -0.4 is 5.56 Å². The van der Waals surface area contributed by atoms with Crippen molar-refractivity contribution in [1.29, 1.82) is 0 Å². The van der Waals surface area contributed by atoms with Gasteiger partial charge in [-0.3, -0.25) is 14.2 Å². The van der Waals surface area contributed by atoms with Gasteiger partial charge in [0.05, 0.1) is 22.6 Å². The van der Waals surface area contributed by atoms with Crippen LogP contribution in [0.3, 0.4) is 0 Å². The number of benzene rings is 3. The van der Waals surface area contributed by atoms with Crippen molar-refractivity contribution in [1.82, 2.24) is 14.5 Å². The fraction of sp³-hybridized carbons (Fsp3) is 0.300. The van der Waals surface area contributed by atoms with Gasteiger partial charge in [-0.1, -0.05) is 85.1 Å². The average molecular weight is 581 g/mol. The first-order valence-electron chi connectivity index (χ1n) is 12.7. The summed E-state index contributed by atoms with van der Waals surface area (Å²) in [6.07, 6.45) is 3.44. The standard InChI is InChI=1S/C30H31BrClN3O2/c1-3-5-11-20-34(30(37)27(32)21-12-7-6-8-13-21)26(4-2)28-33-25-15-10-9-14-24(25)29(36)35(28)23-18-16-22(31)17-19-23/h6-10,12-19,26-27H,3-5,11,20H2,1-2H3. The summed E-state index contributed by atoms with van der Waals surface area (Å²) in [6.45, 7) is 4.68. The molecule has 2 unspecified atom stereocenters. The van der Waals surface area contributed by atoms with E-state index < -0.39 is 11.4 Å². The minimum Gasteiger partial charge on any atom is -0.331 e. The van der Waals surface area contributed by atoms with E-state index >= 15 is 0 Å². The van der Waals surface area contributed by atoms with Crippen LogP contribution in [0.2, 0.25) is 0 Å². The highest BCUT2D eigenvalue weighted by Crippen LogP contribution is 2.32. The predicted octanol–water partition coefficient (Wildman–Crippen LogP) is 7.60. The number of para-hydroxylation sites is 1. The molecule has 1 heterocycles. The zero-order valence-electron chi connectivity index (χ0n) is 21.1. The number of carbonyl (C=O) groups is 1. The molecule has 0 fully saturated rings. The molecule has 4 rings (SSSR count). The molecule has 7 heteroatoms. The molecule has 0 aliphatic carbocycles. The van der Waals surface area contributed by atoms with Crippen LogP contribution in [0.4, 0.5) is 0 Å². The number of alkyl halides is 1. The van der Waals surface area contributed by atoms with Crippen LogP contribution in [0.25, 0.3) is 16.6 Å². The van der Waals surface area contributed by atoms with E-state index in [1.165, 1.54) is 0 Å². The van der Waals surface area contributed by atoms with Crippen molar-refractivity contribution < 1.29 is 4.79 Å².